The summed E-state index contributed by atoms with van der Waals surface area (Å²) in [6, 6.07) is 8.15. The zero-order chi connectivity index (χ0) is 11.8. The lowest BCUT2D eigenvalue weighted by atomic mass is 10.2. The van der Waals surface area contributed by atoms with Crippen LogP contribution in [0.15, 0.2) is 35.8 Å². The SMILES string of the molecule is NC(=O)c1cnc(-c2csc3ccccc23)s1. The van der Waals surface area contributed by atoms with Crippen molar-refractivity contribution in [2.75, 3.05) is 0 Å². The van der Waals surface area contributed by atoms with Crippen molar-refractivity contribution in [1.82, 2.24) is 4.98 Å². The fraction of sp³-hybridized carbons (Fsp3) is 0. The molecule has 2 heterocycles. The monoisotopic (exact) mass is 260 g/mol. The number of aromatic nitrogens is 1. The fourth-order valence-corrected chi connectivity index (χ4v) is 3.47. The summed E-state index contributed by atoms with van der Waals surface area (Å²) in [5, 5.41) is 4.08. The number of carbonyl (C=O) groups is 1. The van der Waals surface area contributed by atoms with E-state index in [9.17, 15) is 4.79 Å². The molecule has 0 saturated carbocycles. The summed E-state index contributed by atoms with van der Waals surface area (Å²) in [6.45, 7) is 0. The molecule has 0 aliphatic heterocycles. The number of amides is 1. The number of hydrogen-bond donors (Lipinski definition) is 1. The number of carbonyl (C=O) groups excluding carboxylic acids is 1. The molecule has 0 spiro atoms. The van der Waals surface area contributed by atoms with E-state index >= 15 is 0 Å². The average molecular weight is 260 g/mol. The van der Waals surface area contributed by atoms with Crippen molar-refractivity contribution in [3.8, 4) is 10.6 Å². The Morgan fingerprint density at radius 3 is 2.88 bits per heavy atom. The number of thiophene rings is 1. The zero-order valence-corrected chi connectivity index (χ0v) is 10.3. The molecule has 5 heteroatoms. The summed E-state index contributed by atoms with van der Waals surface area (Å²) < 4.78 is 1.22. The maximum atomic E-state index is 11.0. The minimum atomic E-state index is -0.423. The van der Waals surface area contributed by atoms with E-state index in [4.69, 9.17) is 5.73 Å². The van der Waals surface area contributed by atoms with Gasteiger partial charge in [0.15, 0.2) is 0 Å². The Balaban J connectivity index is 2.17. The van der Waals surface area contributed by atoms with Crippen LogP contribution in [0.1, 0.15) is 9.67 Å². The van der Waals surface area contributed by atoms with Gasteiger partial charge in [-0.3, -0.25) is 4.79 Å². The molecule has 3 nitrogen and oxygen atoms in total. The van der Waals surface area contributed by atoms with Crippen molar-refractivity contribution in [3.05, 3.63) is 40.7 Å². The molecule has 3 rings (SSSR count). The second-order valence-electron chi connectivity index (χ2n) is 3.54. The van der Waals surface area contributed by atoms with Crippen LogP contribution in [0.2, 0.25) is 0 Å². The number of nitrogens with zero attached hydrogens (tertiary/aromatic N) is 1. The van der Waals surface area contributed by atoms with Gasteiger partial charge >= 0.3 is 0 Å². The van der Waals surface area contributed by atoms with Gasteiger partial charge in [0.05, 0.1) is 6.20 Å². The molecule has 0 atom stereocenters. The number of nitrogens with two attached hydrogens (primary N) is 1. The minimum absolute atomic E-state index is 0.423. The first-order chi connectivity index (χ1) is 8.25. The normalized spacial score (nSPS) is 10.8. The highest BCUT2D eigenvalue weighted by molar-refractivity contribution is 7.19. The minimum Gasteiger partial charge on any atom is -0.365 e. The predicted octanol–water partition coefficient (Wildman–Crippen LogP) is 3.12. The van der Waals surface area contributed by atoms with Gasteiger partial charge in [0.25, 0.3) is 5.91 Å². The molecule has 17 heavy (non-hydrogen) atoms. The van der Waals surface area contributed by atoms with E-state index in [1.807, 2.05) is 12.1 Å². The summed E-state index contributed by atoms with van der Waals surface area (Å²) in [6.07, 6.45) is 1.54. The van der Waals surface area contributed by atoms with E-state index in [-0.39, 0.29) is 0 Å². The molecule has 0 unspecified atom stereocenters. The third kappa shape index (κ3) is 1.73. The first-order valence-corrected chi connectivity index (χ1v) is 6.67. The van der Waals surface area contributed by atoms with E-state index in [0.717, 1.165) is 10.6 Å². The van der Waals surface area contributed by atoms with Crippen LogP contribution in [0.3, 0.4) is 0 Å². The van der Waals surface area contributed by atoms with Crippen LogP contribution in [-0.2, 0) is 0 Å². The van der Waals surface area contributed by atoms with Crippen LogP contribution >= 0.6 is 22.7 Å². The Labute approximate surface area is 106 Å². The standard InChI is InChI=1S/C12H8N2OS2/c13-11(15)10-5-14-12(17-10)8-6-16-9-4-2-1-3-7(8)9/h1-6H,(H2,13,15). The lowest BCUT2D eigenvalue weighted by Gasteiger charge is -1.92. The number of thiazole rings is 1. The van der Waals surface area contributed by atoms with E-state index in [1.165, 1.54) is 27.6 Å². The summed E-state index contributed by atoms with van der Waals surface area (Å²) >= 11 is 3.01. The third-order valence-electron chi connectivity index (χ3n) is 2.46. The maximum absolute atomic E-state index is 11.0. The van der Waals surface area contributed by atoms with Gasteiger partial charge in [-0.25, -0.2) is 4.98 Å². The third-order valence-corrected chi connectivity index (χ3v) is 4.47. The molecule has 2 N–H and O–H groups in total. The molecule has 0 aliphatic rings. The lowest BCUT2D eigenvalue weighted by Crippen LogP contribution is -2.08. The molecular weight excluding hydrogens is 252 g/mol. The Morgan fingerprint density at radius 2 is 2.12 bits per heavy atom. The highest BCUT2D eigenvalue weighted by atomic mass is 32.1. The van der Waals surface area contributed by atoms with Crippen molar-refractivity contribution in [1.29, 1.82) is 0 Å². The van der Waals surface area contributed by atoms with E-state index in [0.29, 0.717) is 4.88 Å². The summed E-state index contributed by atoms with van der Waals surface area (Å²) in [5.74, 6) is -0.423. The summed E-state index contributed by atoms with van der Waals surface area (Å²) in [4.78, 5) is 15.8. The number of fused-ring (bicyclic) bond motifs is 1. The molecule has 0 fully saturated rings. The van der Waals surface area contributed by atoms with Crippen molar-refractivity contribution in [2.24, 2.45) is 5.73 Å². The maximum Gasteiger partial charge on any atom is 0.260 e. The van der Waals surface area contributed by atoms with Crippen molar-refractivity contribution >= 4 is 38.7 Å². The highest BCUT2D eigenvalue weighted by Gasteiger charge is 2.12. The average Bonchev–Trinajstić information content (AvgIpc) is 2.95. The molecule has 1 aromatic carbocycles. The molecule has 0 saturated heterocycles. The zero-order valence-electron chi connectivity index (χ0n) is 8.71. The first kappa shape index (κ1) is 10.4. The van der Waals surface area contributed by atoms with Gasteiger partial charge in [0.2, 0.25) is 0 Å². The topological polar surface area (TPSA) is 56.0 Å². The molecule has 0 aliphatic carbocycles. The molecule has 84 valence electrons. The van der Waals surface area contributed by atoms with Gasteiger partial charge in [-0.2, -0.15) is 0 Å². The number of hydrogen-bond acceptors (Lipinski definition) is 4. The molecule has 0 bridgehead atoms. The second-order valence-corrected chi connectivity index (χ2v) is 5.48. The van der Waals surface area contributed by atoms with Crippen molar-refractivity contribution in [2.45, 2.75) is 0 Å². The summed E-state index contributed by atoms with van der Waals surface area (Å²) in [7, 11) is 0. The van der Waals surface area contributed by atoms with Crippen LogP contribution < -0.4 is 5.73 Å². The Hall–Kier alpha value is -1.72. The van der Waals surface area contributed by atoms with Crippen LogP contribution in [0.25, 0.3) is 20.7 Å². The number of primary amides is 1. The van der Waals surface area contributed by atoms with E-state index < -0.39 is 5.91 Å². The fourth-order valence-electron chi connectivity index (χ4n) is 1.66. The van der Waals surface area contributed by atoms with Crippen LogP contribution in [0.5, 0.6) is 0 Å². The predicted molar refractivity (Wildman–Crippen MR) is 71.5 cm³/mol. The van der Waals surface area contributed by atoms with E-state index in [1.54, 1.807) is 11.3 Å². The van der Waals surface area contributed by atoms with Crippen molar-refractivity contribution in [3.63, 3.8) is 0 Å². The molecular formula is C12H8N2OS2. The quantitative estimate of drug-likeness (QED) is 0.769. The largest absolute Gasteiger partial charge is 0.365 e. The van der Waals surface area contributed by atoms with Gasteiger partial charge in [-0.15, -0.1) is 22.7 Å². The van der Waals surface area contributed by atoms with Crippen molar-refractivity contribution < 1.29 is 4.79 Å². The Bertz CT molecular complexity index is 699. The number of benzene rings is 1. The summed E-state index contributed by atoms with van der Waals surface area (Å²) in [5.41, 5.74) is 6.30. The Morgan fingerprint density at radius 1 is 1.29 bits per heavy atom. The molecule has 1 amide bonds. The van der Waals surface area contributed by atoms with Gasteiger partial charge in [0.1, 0.15) is 9.88 Å². The van der Waals surface area contributed by atoms with E-state index in [2.05, 4.69) is 22.5 Å². The molecule has 2 aromatic heterocycles. The smallest absolute Gasteiger partial charge is 0.260 e. The van der Waals surface area contributed by atoms with Crippen LogP contribution in [0, 0.1) is 0 Å². The molecule has 0 radical (unpaired) electrons. The first-order valence-electron chi connectivity index (χ1n) is 4.98. The van der Waals surface area contributed by atoms with Crippen LogP contribution in [0.4, 0.5) is 0 Å². The second kappa shape index (κ2) is 3.94. The Kier molecular flexibility index (Phi) is 2.42. The van der Waals surface area contributed by atoms with Gasteiger partial charge in [0, 0.05) is 21.0 Å². The number of rotatable bonds is 2. The van der Waals surface area contributed by atoms with Gasteiger partial charge < -0.3 is 5.73 Å². The lowest BCUT2D eigenvalue weighted by molar-refractivity contribution is 0.100. The molecule has 3 aromatic rings. The van der Waals surface area contributed by atoms with Gasteiger partial charge in [-0.1, -0.05) is 18.2 Å². The highest BCUT2D eigenvalue weighted by Crippen LogP contribution is 2.35. The van der Waals surface area contributed by atoms with Gasteiger partial charge in [-0.05, 0) is 6.07 Å². The van der Waals surface area contributed by atoms with Crippen LogP contribution in [-0.4, -0.2) is 10.9 Å².